The van der Waals surface area contributed by atoms with Gasteiger partial charge in [-0.2, -0.15) is 0 Å². The van der Waals surface area contributed by atoms with Crippen molar-refractivity contribution in [2.24, 2.45) is 0 Å². The lowest BCUT2D eigenvalue weighted by Gasteiger charge is -2.32. The molecule has 0 aromatic heterocycles. The molecule has 0 saturated carbocycles. The number of hydrogen-bond acceptors (Lipinski definition) is 3. The lowest BCUT2D eigenvalue weighted by Crippen LogP contribution is -2.36. The van der Waals surface area contributed by atoms with Gasteiger partial charge in [0.2, 0.25) is 0 Å². The van der Waals surface area contributed by atoms with Crippen molar-refractivity contribution in [3.05, 3.63) is 83.9 Å². The smallest absolute Gasteiger partial charge is 0.258 e. The Balaban J connectivity index is 1.65. The number of nitrogens with zero attached hydrogens (tertiary/aromatic N) is 1. The summed E-state index contributed by atoms with van der Waals surface area (Å²) in [6.45, 7) is 0.473. The predicted molar refractivity (Wildman–Crippen MR) is 106 cm³/mol. The molecule has 3 aromatic rings. The molecule has 0 bridgehead atoms. The highest BCUT2D eigenvalue weighted by atomic mass is 16.5. The highest BCUT2D eigenvalue weighted by molar-refractivity contribution is 6.07. The van der Waals surface area contributed by atoms with E-state index in [1.807, 2.05) is 72.8 Å². The average Bonchev–Trinajstić information content (AvgIpc) is 2.74. The van der Waals surface area contributed by atoms with Crippen molar-refractivity contribution in [2.45, 2.75) is 12.5 Å². The molecule has 3 aromatic carbocycles. The van der Waals surface area contributed by atoms with E-state index in [9.17, 15) is 9.90 Å². The van der Waals surface area contributed by atoms with Gasteiger partial charge in [0.25, 0.3) is 5.91 Å². The number of amides is 1. The van der Waals surface area contributed by atoms with Crippen LogP contribution in [0, 0.1) is 0 Å². The Kier molecular flexibility index (Phi) is 4.65. The van der Waals surface area contributed by atoms with Crippen molar-refractivity contribution in [2.75, 3.05) is 18.6 Å². The van der Waals surface area contributed by atoms with Crippen LogP contribution in [0.1, 0.15) is 28.4 Å². The Labute approximate surface area is 158 Å². The SMILES string of the molecule is COc1ccc2c(c1)N(C(=O)c1ccc(-c3ccccc3)cc1)CCC2O. The molecule has 136 valence electrons. The standard InChI is InChI=1S/C23H21NO3/c1-27-19-11-12-20-21(15-19)24(14-13-22(20)25)23(26)18-9-7-17(8-10-18)16-5-3-2-4-6-16/h2-12,15,22,25H,13-14H2,1H3. The number of carbonyl (C=O) groups excluding carboxylic acids is 1. The number of aliphatic hydroxyl groups is 1. The van der Waals surface area contributed by atoms with Crippen LogP contribution in [0.5, 0.6) is 5.75 Å². The lowest BCUT2D eigenvalue weighted by molar-refractivity contribution is 0.0970. The van der Waals surface area contributed by atoms with Crippen LogP contribution in [-0.4, -0.2) is 24.7 Å². The summed E-state index contributed by atoms with van der Waals surface area (Å²) in [5.41, 5.74) is 4.29. The number of anilines is 1. The van der Waals surface area contributed by atoms with Gasteiger partial charge in [-0.1, -0.05) is 48.5 Å². The Hall–Kier alpha value is -3.11. The second-order valence-electron chi connectivity index (χ2n) is 6.63. The predicted octanol–water partition coefficient (Wildman–Crippen LogP) is 4.45. The minimum atomic E-state index is -0.560. The number of fused-ring (bicyclic) bond motifs is 1. The van der Waals surface area contributed by atoms with E-state index in [0.29, 0.717) is 30.0 Å². The summed E-state index contributed by atoms with van der Waals surface area (Å²) in [6, 6.07) is 23.2. The molecule has 1 heterocycles. The molecule has 1 aliphatic rings. The fraction of sp³-hybridized carbons (Fsp3) is 0.174. The second kappa shape index (κ2) is 7.25. The van der Waals surface area contributed by atoms with E-state index in [4.69, 9.17) is 4.74 Å². The Bertz CT molecular complexity index is 951. The number of rotatable bonds is 3. The molecule has 1 N–H and O–H groups in total. The molecule has 0 fully saturated rings. The van der Waals surface area contributed by atoms with Crippen LogP contribution in [-0.2, 0) is 0 Å². The normalized spacial score (nSPS) is 15.9. The summed E-state index contributed by atoms with van der Waals surface area (Å²) in [6.07, 6.45) is -0.0388. The minimum absolute atomic E-state index is 0.0731. The van der Waals surface area contributed by atoms with Gasteiger partial charge in [-0.25, -0.2) is 0 Å². The first-order valence-corrected chi connectivity index (χ1v) is 9.01. The molecule has 0 radical (unpaired) electrons. The van der Waals surface area contributed by atoms with Crippen LogP contribution >= 0.6 is 0 Å². The zero-order valence-corrected chi connectivity index (χ0v) is 15.1. The molecule has 0 aliphatic carbocycles. The van der Waals surface area contributed by atoms with Gasteiger partial charge in [0.1, 0.15) is 5.75 Å². The van der Waals surface area contributed by atoms with Gasteiger partial charge in [0.05, 0.1) is 18.9 Å². The third-order valence-electron chi connectivity index (χ3n) is 5.00. The summed E-state index contributed by atoms with van der Waals surface area (Å²) in [5, 5.41) is 10.3. The van der Waals surface area contributed by atoms with Crippen molar-refractivity contribution >= 4 is 11.6 Å². The summed E-state index contributed by atoms with van der Waals surface area (Å²) in [5.74, 6) is 0.594. The topological polar surface area (TPSA) is 49.8 Å². The maximum absolute atomic E-state index is 13.1. The average molecular weight is 359 g/mol. The number of aliphatic hydroxyl groups excluding tert-OH is 1. The van der Waals surface area contributed by atoms with Gasteiger partial charge in [-0.15, -0.1) is 0 Å². The number of benzene rings is 3. The third-order valence-corrected chi connectivity index (χ3v) is 5.00. The van der Waals surface area contributed by atoms with Gasteiger partial charge in [0, 0.05) is 23.7 Å². The summed E-state index contributed by atoms with van der Waals surface area (Å²) < 4.78 is 5.29. The molecule has 4 rings (SSSR count). The molecule has 0 spiro atoms. The molecule has 1 atom stereocenters. The van der Waals surface area contributed by atoms with Crippen LogP contribution in [0.4, 0.5) is 5.69 Å². The number of hydrogen-bond donors (Lipinski definition) is 1. The highest BCUT2D eigenvalue weighted by Gasteiger charge is 2.28. The lowest BCUT2D eigenvalue weighted by atomic mass is 9.97. The van der Waals surface area contributed by atoms with Crippen LogP contribution in [0.2, 0.25) is 0 Å². The van der Waals surface area contributed by atoms with Gasteiger partial charge in [-0.05, 0) is 35.7 Å². The van der Waals surface area contributed by atoms with Crippen molar-refractivity contribution in [1.82, 2.24) is 0 Å². The zero-order valence-electron chi connectivity index (χ0n) is 15.1. The summed E-state index contributed by atoms with van der Waals surface area (Å²) in [7, 11) is 1.59. The molecule has 1 aliphatic heterocycles. The van der Waals surface area contributed by atoms with Gasteiger partial charge in [-0.3, -0.25) is 4.79 Å². The molecule has 0 saturated heterocycles. The monoisotopic (exact) mass is 359 g/mol. The van der Waals surface area contributed by atoms with Gasteiger partial charge in [0.15, 0.2) is 0 Å². The number of methoxy groups -OCH3 is 1. The largest absolute Gasteiger partial charge is 0.497 e. The highest BCUT2D eigenvalue weighted by Crippen LogP contribution is 2.37. The molecule has 4 heteroatoms. The zero-order chi connectivity index (χ0) is 18.8. The first-order valence-electron chi connectivity index (χ1n) is 9.01. The maximum atomic E-state index is 13.1. The molecule has 4 nitrogen and oxygen atoms in total. The van der Waals surface area contributed by atoms with E-state index < -0.39 is 6.10 Å². The van der Waals surface area contributed by atoms with Gasteiger partial charge >= 0.3 is 0 Å². The Morgan fingerprint density at radius 1 is 1.00 bits per heavy atom. The van der Waals surface area contributed by atoms with E-state index in [1.165, 1.54) is 0 Å². The fourth-order valence-corrected chi connectivity index (χ4v) is 3.50. The Morgan fingerprint density at radius 3 is 2.41 bits per heavy atom. The summed E-state index contributed by atoms with van der Waals surface area (Å²) >= 11 is 0. The quantitative estimate of drug-likeness (QED) is 0.752. The molecular formula is C23H21NO3. The minimum Gasteiger partial charge on any atom is -0.497 e. The molecular weight excluding hydrogens is 338 g/mol. The van der Waals surface area contributed by atoms with E-state index >= 15 is 0 Å². The van der Waals surface area contributed by atoms with E-state index in [2.05, 4.69) is 0 Å². The van der Waals surface area contributed by atoms with Crippen molar-refractivity contribution < 1.29 is 14.6 Å². The van der Waals surface area contributed by atoms with Crippen molar-refractivity contribution in [3.8, 4) is 16.9 Å². The Morgan fingerprint density at radius 2 is 1.70 bits per heavy atom. The van der Waals surface area contributed by atoms with Crippen molar-refractivity contribution in [1.29, 1.82) is 0 Å². The first-order chi connectivity index (χ1) is 13.2. The number of ether oxygens (including phenoxy) is 1. The fourth-order valence-electron chi connectivity index (χ4n) is 3.50. The first kappa shape index (κ1) is 17.3. The molecule has 1 amide bonds. The van der Waals surface area contributed by atoms with E-state index in [0.717, 1.165) is 16.7 Å². The van der Waals surface area contributed by atoms with E-state index in [1.54, 1.807) is 12.0 Å². The van der Waals surface area contributed by atoms with Crippen LogP contribution in [0.3, 0.4) is 0 Å². The van der Waals surface area contributed by atoms with E-state index in [-0.39, 0.29) is 5.91 Å². The van der Waals surface area contributed by atoms with Crippen LogP contribution in [0.15, 0.2) is 72.8 Å². The van der Waals surface area contributed by atoms with Crippen molar-refractivity contribution in [3.63, 3.8) is 0 Å². The van der Waals surface area contributed by atoms with Crippen LogP contribution < -0.4 is 9.64 Å². The molecule has 1 unspecified atom stereocenters. The second-order valence-corrected chi connectivity index (χ2v) is 6.63. The third kappa shape index (κ3) is 3.32. The summed E-state index contributed by atoms with van der Waals surface area (Å²) in [4.78, 5) is 14.8. The van der Waals surface area contributed by atoms with Crippen LogP contribution in [0.25, 0.3) is 11.1 Å². The maximum Gasteiger partial charge on any atom is 0.258 e. The molecule has 27 heavy (non-hydrogen) atoms. The number of carbonyl (C=O) groups is 1. The van der Waals surface area contributed by atoms with Gasteiger partial charge < -0.3 is 14.7 Å².